The van der Waals surface area contributed by atoms with Crippen LogP contribution >= 0.6 is 7.82 Å². The third kappa shape index (κ3) is 50.9. The van der Waals surface area contributed by atoms with Crippen LogP contribution in [0.25, 0.3) is 0 Å². The summed E-state index contributed by atoms with van der Waals surface area (Å²) in [5.41, 5.74) is 0. The van der Waals surface area contributed by atoms with Crippen LogP contribution in [0.5, 0.6) is 0 Å². The van der Waals surface area contributed by atoms with Crippen LogP contribution in [-0.2, 0) is 32.7 Å². The first-order valence-corrected chi connectivity index (χ1v) is 28.2. The van der Waals surface area contributed by atoms with Crippen molar-refractivity contribution in [3.63, 3.8) is 0 Å². The highest BCUT2D eigenvalue weighted by molar-refractivity contribution is 7.47. The van der Waals surface area contributed by atoms with Crippen LogP contribution in [0.2, 0.25) is 0 Å². The predicted molar refractivity (Wildman–Crippen MR) is 279 cm³/mol. The highest BCUT2D eigenvalue weighted by Gasteiger charge is 2.27. The number of phosphoric ester groups is 1. The van der Waals surface area contributed by atoms with Gasteiger partial charge in [-0.2, -0.15) is 0 Å². The zero-order valence-corrected chi connectivity index (χ0v) is 44.1. The second-order valence-electron chi connectivity index (χ2n) is 18.9. The van der Waals surface area contributed by atoms with E-state index in [4.69, 9.17) is 18.5 Å². The Balaban J connectivity index is 4.17. The van der Waals surface area contributed by atoms with E-state index in [-0.39, 0.29) is 32.0 Å². The Hall–Kier alpha value is -2.55. The average Bonchev–Trinajstić information content (AvgIpc) is 3.27. The summed E-state index contributed by atoms with van der Waals surface area (Å²) in [4.78, 5) is 35.5. The Labute approximate surface area is 406 Å². The molecule has 0 heterocycles. The van der Waals surface area contributed by atoms with Crippen molar-refractivity contribution in [1.82, 2.24) is 0 Å². The molecule has 0 rings (SSSR count). The van der Waals surface area contributed by atoms with Crippen LogP contribution in [0.3, 0.4) is 0 Å². The lowest BCUT2D eigenvalue weighted by Crippen LogP contribution is -2.37. The van der Waals surface area contributed by atoms with Crippen LogP contribution < -0.4 is 0 Å². The molecule has 0 aromatic rings. The summed E-state index contributed by atoms with van der Waals surface area (Å²) in [6.45, 7) is 4.31. The van der Waals surface area contributed by atoms with Gasteiger partial charge in [0.1, 0.15) is 19.8 Å². The first-order chi connectivity index (χ1) is 32.0. The van der Waals surface area contributed by atoms with Crippen LogP contribution in [0.1, 0.15) is 219 Å². The van der Waals surface area contributed by atoms with Gasteiger partial charge in [-0.3, -0.25) is 18.6 Å². The third-order valence-corrected chi connectivity index (χ3v) is 12.2. The number of esters is 2. The maximum absolute atomic E-state index is 12.8. The SMILES string of the molecule is CC/C=C\C/C=C\C/C=C\C/C=C\C/C=C\C/C=C\CCCCCCCCCCCCC(=O)OC(COC(=O)CCCCCCCCCCCCCCC)COP(=O)(O)OCC[N+](C)(C)C. The molecule has 0 bridgehead atoms. The molecule has 0 aromatic heterocycles. The number of likely N-dealkylation sites (N-methyl/N-ethyl adjacent to an activating group) is 1. The molecule has 0 aromatic carbocycles. The van der Waals surface area contributed by atoms with E-state index in [1.54, 1.807) is 0 Å². The normalized spacial score (nSPS) is 14.0. The Kier molecular flexibility index (Phi) is 45.7. The molecule has 0 aliphatic rings. The van der Waals surface area contributed by atoms with Gasteiger partial charge >= 0.3 is 19.8 Å². The molecule has 0 saturated carbocycles. The molecule has 66 heavy (non-hydrogen) atoms. The number of allylic oxidation sites excluding steroid dienone is 12. The number of phosphoric acid groups is 1. The van der Waals surface area contributed by atoms with Gasteiger partial charge in [0.05, 0.1) is 27.7 Å². The van der Waals surface area contributed by atoms with E-state index in [9.17, 15) is 19.0 Å². The topological polar surface area (TPSA) is 108 Å². The molecule has 1 N–H and O–H groups in total. The fraction of sp³-hybridized carbons (Fsp3) is 0.750. The Morgan fingerprint density at radius 2 is 0.864 bits per heavy atom. The van der Waals surface area contributed by atoms with E-state index in [0.29, 0.717) is 17.4 Å². The van der Waals surface area contributed by atoms with Gasteiger partial charge in [0, 0.05) is 12.8 Å². The molecule has 382 valence electrons. The zero-order valence-electron chi connectivity index (χ0n) is 43.2. The average molecular weight is 947 g/mol. The van der Waals surface area contributed by atoms with E-state index in [1.807, 2.05) is 21.1 Å². The van der Waals surface area contributed by atoms with Crippen molar-refractivity contribution < 1.29 is 42.1 Å². The van der Waals surface area contributed by atoms with Gasteiger partial charge in [0.25, 0.3) is 0 Å². The fourth-order valence-corrected chi connectivity index (χ4v) is 7.88. The van der Waals surface area contributed by atoms with E-state index >= 15 is 0 Å². The summed E-state index contributed by atoms with van der Waals surface area (Å²) in [6.07, 6.45) is 61.0. The maximum Gasteiger partial charge on any atom is 0.472 e. The molecule has 9 nitrogen and oxygen atoms in total. The van der Waals surface area contributed by atoms with Crippen LogP contribution in [0.4, 0.5) is 0 Å². The largest absolute Gasteiger partial charge is 0.472 e. The summed E-state index contributed by atoms with van der Waals surface area (Å²) >= 11 is 0. The van der Waals surface area contributed by atoms with Crippen molar-refractivity contribution in [2.24, 2.45) is 0 Å². The fourth-order valence-electron chi connectivity index (χ4n) is 7.14. The van der Waals surface area contributed by atoms with E-state index < -0.39 is 26.5 Å². The molecular formula is C56H101NO8P+. The number of nitrogens with zero attached hydrogens (tertiary/aromatic N) is 1. The highest BCUT2D eigenvalue weighted by Crippen LogP contribution is 2.43. The predicted octanol–water partition coefficient (Wildman–Crippen LogP) is 16.1. The molecule has 0 fully saturated rings. The minimum Gasteiger partial charge on any atom is -0.462 e. The highest BCUT2D eigenvalue weighted by atomic mass is 31.2. The number of carbonyl (C=O) groups excluding carboxylic acids is 2. The third-order valence-electron chi connectivity index (χ3n) is 11.3. The Morgan fingerprint density at radius 3 is 1.29 bits per heavy atom. The number of hydrogen-bond donors (Lipinski definition) is 1. The number of rotatable bonds is 48. The minimum atomic E-state index is -4.38. The molecular weight excluding hydrogens is 846 g/mol. The zero-order chi connectivity index (χ0) is 48.5. The first-order valence-electron chi connectivity index (χ1n) is 26.7. The Bertz CT molecular complexity index is 1350. The van der Waals surface area contributed by atoms with Gasteiger partial charge in [0.15, 0.2) is 6.10 Å². The lowest BCUT2D eigenvalue weighted by atomic mass is 10.0. The summed E-state index contributed by atoms with van der Waals surface area (Å²) < 4.78 is 34.5. The number of ether oxygens (including phenoxy) is 2. The monoisotopic (exact) mass is 947 g/mol. The summed E-state index contributed by atoms with van der Waals surface area (Å²) in [6, 6.07) is 0. The number of quaternary nitrogens is 1. The van der Waals surface area contributed by atoms with Crippen molar-refractivity contribution in [3.8, 4) is 0 Å². The molecule has 0 saturated heterocycles. The lowest BCUT2D eigenvalue weighted by molar-refractivity contribution is -0.870. The van der Waals surface area contributed by atoms with Gasteiger partial charge in [-0.05, 0) is 64.2 Å². The summed E-state index contributed by atoms with van der Waals surface area (Å²) in [7, 11) is 1.47. The smallest absolute Gasteiger partial charge is 0.462 e. The molecule has 10 heteroatoms. The molecule has 2 unspecified atom stereocenters. The summed E-state index contributed by atoms with van der Waals surface area (Å²) in [5, 5.41) is 0. The van der Waals surface area contributed by atoms with Crippen molar-refractivity contribution in [2.45, 2.75) is 225 Å². The molecule has 0 spiro atoms. The van der Waals surface area contributed by atoms with Gasteiger partial charge in [-0.1, -0.05) is 215 Å². The van der Waals surface area contributed by atoms with Gasteiger partial charge in [-0.25, -0.2) is 4.57 Å². The quantitative estimate of drug-likeness (QED) is 0.0211. The van der Waals surface area contributed by atoms with Gasteiger partial charge in [-0.15, -0.1) is 0 Å². The van der Waals surface area contributed by atoms with Crippen molar-refractivity contribution >= 4 is 19.8 Å². The molecule has 0 aliphatic heterocycles. The van der Waals surface area contributed by atoms with E-state index in [2.05, 4.69) is 86.8 Å². The minimum absolute atomic E-state index is 0.0293. The van der Waals surface area contributed by atoms with Crippen molar-refractivity contribution in [2.75, 3.05) is 47.5 Å². The van der Waals surface area contributed by atoms with Crippen LogP contribution in [0.15, 0.2) is 72.9 Å². The van der Waals surface area contributed by atoms with Crippen molar-refractivity contribution in [1.29, 1.82) is 0 Å². The number of carbonyl (C=O) groups is 2. The van der Waals surface area contributed by atoms with Crippen LogP contribution in [-0.4, -0.2) is 74.9 Å². The summed E-state index contributed by atoms with van der Waals surface area (Å²) in [5.74, 6) is -0.801. The number of hydrogen-bond acceptors (Lipinski definition) is 7. The first kappa shape index (κ1) is 63.5. The molecule has 0 aliphatic carbocycles. The number of unbranched alkanes of at least 4 members (excludes halogenated alkanes) is 22. The Morgan fingerprint density at radius 1 is 0.485 bits per heavy atom. The second-order valence-corrected chi connectivity index (χ2v) is 20.3. The second kappa shape index (κ2) is 47.5. The standard InChI is InChI=1S/C56H100NO8P/c1-6-8-10-12-14-16-18-20-21-22-23-24-25-26-27-28-29-30-31-32-33-34-35-37-39-41-43-45-47-49-56(59)65-54(53-64-66(60,61)63-51-50-57(3,4)5)52-62-55(58)48-46-44-42-40-38-36-19-17-15-13-11-9-7-2/h8,10,14,16,20-21,23-24,26-27,29-30,54H,6-7,9,11-13,15,17-19,22,25,28,31-53H2,1-5H3/p+1/b10-8-,16-14-,21-20-,24-23-,27-26-,30-29-. The van der Waals surface area contributed by atoms with Crippen LogP contribution in [0, 0.1) is 0 Å². The van der Waals surface area contributed by atoms with E-state index in [1.165, 1.54) is 103 Å². The van der Waals surface area contributed by atoms with Crippen molar-refractivity contribution in [3.05, 3.63) is 72.9 Å². The van der Waals surface area contributed by atoms with Gasteiger partial charge < -0.3 is 18.9 Å². The van der Waals surface area contributed by atoms with E-state index in [0.717, 1.165) is 83.5 Å². The maximum atomic E-state index is 12.8. The molecule has 2 atom stereocenters. The molecule has 0 radical (unpaired) electrons. The lowest BCUT2D eigenvalue weighted by Gasteiger charge is -2.24. The molecule has 0 amide bonds. The van der Waals surface area contributed by atoms with Gasteiger partial charge in [0.2, 0.25) is 0 Å².